The fourth-order valence-corrected chi connectivity index (χ4v) is 6.43. The van der Waals surface area contributed by atoms with Crippen molar-refractivity contribution in [3.8, 4) is 0 Å². The zero-order valence-electron chi connectivity index (χ0n) is 20.7. The molecule has 188 valence electrons. The highest BCUT2D eigenvalue weighted by Crippen LogP contribution is 2.47. The second kappa shape index (κ2) is 11.8. The minimum atomic E-state index is -0.585. The van der Waals surface area contributed by atoms with Crippen LogP contribution in [0.4, 0.5) is 0 Å². The molecule has 0 heterocycles. The number of aliphatic hydroxyl groups excluding tert-OH is 2. The van der Waals surface area contributed by atoms with Crippen LogP contribution in [-0.2, 0) is 16.0 Å². The molecule has 34 heavy (non-hydrogen) atoms. The van der Waals surface area contributed by atoms with Gasteiger partial charge in [-0.25, -0.2) is 0 Å². The third-order valence-corrected chi connectivity index (χ3v) is 8.70. The Morgan fingerprint density at radius 1 is 1.12 bits per heavy atom. The molecular formula is C29H43NO4. The molecule has 5 nitrogen and oxygen atoms in total. The molecule has 7 unspecified atom stereocenters. The highest BCUT2D eigenvalue weighted by atomic mass is 16.3. The van der Waals surface area contributed by atoms with Gasteiger partial charge in [-0.3, -0.25) is 9.59 Å². The number of rotatable bonds is 13. The Balaban J connectivity index is 1.23. The van der Waals surface area contributed by atoms with Crippen molar-refractivity contribution < 1.29 is 19.8 Å². The van der Waals surface area contributed by atoms with Gasteiger partial charge in [0, 0.05) is 24.8 Å². The molecule has 4 rings (SSSR count). The van der Waals surface area contributed by atoms with Gasteiger partial charge in [0.25, 0.3) is 0 Å². The van der Waals surface area contributed by atoms with Crippen LogP contribution in [0.25, 0.3) is 0 Å². The van der Waals surface area contributed by atoms with Crippen LogP contribution in [0.15, 0.2) is 30.3 Å². The lowest BCUT2D eigenvalue weighted by atomic mass is 9.65. The number of benzene rings is 1. The average molecular weight is 470 g/mol. The van der Waals surface area contributed by atoms with Crippen LogP contribution < -0.4 is 5.32 Å². The summed E-state index contributed by atoms with van der Waals surface area (Å²) in [7, 11) is 0. The molecule has 0 saturated heterocycles. The number of carbonyl (C=O) groups is 2. The number of aryl methyl sites for hydroxylation is 1. The summed E-state index contributed by atoms with van der Waals surface area (Å²) in [5.41, 5.74) is 1.23. The van der Waals surface area contributed by atoms with E-state index in [-0.39, 0.29) is 35.9 Å². The second-order valence-corrected chi connectivity index (χ2v) is 11.4. The minimum absolute atomic E-state index is 0.0514. The molecule has 3 saturated carbocycles. The van der Waals surface area contributed by atoms with Crippen LogP contribution >= 0.6 is 0 Å². The lowest BCUT2D eigenvalue weighted by Crippen LogP contribution is -2.35. The van der Waals surface area contributed by atoms with Crippen LogP contribution in [0.3, 0.4) is 0 Å². The second-order valence-electron chi connectivity index (χ2n) is 11.4. The molecule has 1 amide bonds. The highest BCUT2D eigenvalue weighted by molar-refractivity contribution is 5.84. The van der Waals surface area contributed by atoms with Crippen LogP contribution in [0.2, 0.25) is 0 Å². The van der Waals surface area contributed by atoms with Gasteiger partial charge >= 0.3 is 0 Å². The van der Waals surface area contributed by atoms with Gasteiger partial charge in [-0.15, -0.1) is 0 Å². The van der Waals surface area contributed by atoms with Gasteiger partial charge in [0.1, 0.15) is 5.78 Å². The van der Waals surface area contributed by atoms with Gasteiger partial charge in [-0.2, -0.15) is 0 Å². The lowest BCUT2D eigenvalue weighted by Gasteiger charge is -2.40. The van der Waals surface area contributed by atoms with Crippen molar-refractivity contribution in [1.29, 1.82) is 0 Å². The Labute approximate surface area is 204 Å². The Bertz CT molecular complexity index is 808. The van der Waals surface area contributed by atoms with Crippen molar-refractivity contribution in [2.45, 2.75) is 102 Å². The maximum Gasteiger partial charge on any atom is 0.220 e. The van der Waals surface area contributed by atoms with E-state index in [9.17, 15) is 19.8 Å². The van der Waals surface area contributed by atoms with Crippen LogP contribution in [0.1, 0.15) is 83.1 Å². The molecule has 0 bridgehead atoms. The minimum Gasteiger partial charge on any atom is -0.393 e. The van der Waals surface area contributed by atoms with E-state index in [0.29, 0.717) is 37.1 Å². The molecule has 7 atom stereocenters. The summed E-state index contributed by atoms with van der Waals surface area (Å²) in [6.45, 7) is 2.10. The summed E-state index contributed by atoms with van der Waals surface area (Å²) < 4.78 is 0. The zero-order valence-corrected chi connectivity index (χ0v) is 20.7. The van der Waals surface area contributed by atoms with Gasteiger partial charge < -0.3 is 15.5 Å². The first kappa shape index (κ1) is 25.4. The smallest absolute Gasteiger partial charge is 0.220 e. The SMILES string of the molecule is CC(CC(O)CCc1ccccc1)C1C(O)CC(=O)C1CC1CCC1CCCC(=O)NC1CC1. The summed E-state index contributed by atoms with van der Waals surface area (Å²) in [4.78, 5) is 24.8. The third kappa shape index (κ3) is 6.91. The van der Waals surface area contributed by atoms with E-state index in [1.165, 1.54) is 12.0 Å². The monoisotopic (exact) mass is 469 g/mol. The predicted molar refractivity (Wildman–Crippen MR) is 133 cm³/mol. The number of hydrogen-bond acceptors (Lipinski definition) is 4. The van der Waals surface area contributed by atoms with Crippen molar-refractivity contribution in [3.63, 3.8) is 0 Å². The lowest BCUT2D eigenvalue weighted by molar-refractivity contribution is -0.122. The van der Waals surface area contributed by atoms with E-state index in [1.807, 2.05) is 18.2 Å². The molecule has 3 aliphatic carbocycles. The molecule has 5 heteroatoms. The molecule has 0 radical (unpaired) electrons. The standard InChI is InChI=1S/C29H43NO4/c1-19(16-24(31)15-10-20-6-3-2-4-7-20)29-25(26(32)18-27(29)33)17-22-12-11-21(22)8-5-9-28(34)30-23-13-14-23/h2-4,6-7,19,21-25,27,29,31,33H,5,8-18H2,1H3,(H,30,34). The maximum absolute atomic E-state index is 12.8. The van der Waals surface area contributed by atoms with Crippen molar-refractivity contribution in [3.05, 3.63) is 35.9 Å². The Hall–Kier alpha value is -1.72. The summed E-state index contributed by atoms with van der Waals surface area (Å²) >= 11 is 0. The van der Waals surface area contributed by atoms with E-state index >= 15 is 0 Å². The average Bonchev–Trinajstić information content (AvgIpc) is 3.56. The van der Waals surface area contributed by atoms with E-state index < -0.39 is 12.2 Å². The molecule has 3 N–H and O–H groups in total. The molecule has 3 fully saturated rings. The maximum atomic E-state index is 12.8. The van der Waals surface area contributed by atoms with Crippen molar-refractivity contribution in [2.24, 2.45) is 29.6 Å². The van der Waals surface area contributed by atoms with Crippen LogP contribution in [-0.4, -0.2) is 40.2 Å². The summed E-state index contributed by atoms with van der Waals surface area (Å²) in [6, 6.07) is 10.6. The topological polar surface area (TPSA) is 86.6 Å². The van der Waals surface area contributed by atoms with E-state index in [2.05, 4.69) is 24.4 Å². The van der Waals surface area contributed by atoms with Crippen LogP contribution in [0, 0.1) is 29.6 Å². The fraction of sp³-hybridized carbons (Fsp3) is 0.724. The first-order valence-electron chi connectivity index (χ1n) is 13.6. The van der Waals surface area contributed by atoms with E-state index in [4.69, 9.17) is 0 Å². The summed E-state index contributed by atoms with van der Waals surface area (Å²) in [5, 5.41) is 24.4. The van der Waals surface area contributed by atoms with Gasteiger partial charge in [0.15, 0.2) is 0 Å². The Kier molecular flexibility index (Phi) is 8.81. The molecule has 1 aromatic rings. The predicted octanol–water partition coefficient (Wildman–Crippen LogP) is 4.44. The summed E-state index contributed by atoms with van der Waals surface area (Å²) in [5.74, 6) is 1.50. The molecule has 3 aliphatic rings. The van der Waals surface area contributed by atoms with Crippen LogP contribution in [0.5, 0.6) is 0 Å². The van der Waals surface area contributed by atoms with E-state index in [0.717, 1.165) is 44.9 Å². The number of carbonyl (C=O) groups excluding carboxylic acids is 2. The highest BCUT2D eigenvalue weighted by Gasteiger charge is 2.46. The van der Waals surface area contributed by atoms with Gasteiger partial charge in [-0.05, 0) is 93.4 Å². The summed E-state index contributed by atoms with van der Waals surface area (Å²) in [6.07, 6.45) is 9.49. The number of hydrogen-bond donors (Lipinski definition) is 3. The first-order valence-corrected chi connectivity index (χ1v) is 13.6. The molecule has 0 spiro atoms. The van der Waals surface area contributed by atoms with Gasteiger partial charge in [-0.1, -0.05) is 37.3 Å². The molecule has 1 aromatic carbocycles. The largest absolute Gasteiger partial charge is 0.393 e. The molecular weight excluding hydrogens is 426 g/mol. The zero-order chi connectivity index (χ0) is 24.1. The van der Waals surface area contributed by atoms with Crippen molar-refractivity contribution in [2.75, 3.05) is 0 Å². The van der Waals surface area contributed by atoms with E-state index in [1.54, 1.807) is 0 Å². The van der Waals surface area contributed by atoms with Crippen molar-refractivity contribution >= 4 is 11.7 Å². The quantitative estimate of drug-likeness (QED) is 0.399. The normalized spacial score (nSPS) is 30.6. The van der Waals surface area contributed by atoms with Gasteiger partial charge in [0.2, 0.25) is 5.91 Å². The number of amides is 1. The third-order valence-electron chi connectivity index (χ3n) is 8.70. The fourth-order valence-electron chi connectivity index (χ4n) is 6.43. The van der Waals surface area contributed by atoms with Crippen molar-refractivity contribution in [1.82, 2.24) is 5.32 Å². The number of nitrogens with one attached hydrogen (secondary N) is 1. The number of ketones is 1. The van der Waals surface area contributed by atoms with Gasteiger partial charge in [0.05, 0.1) is 12.2 Å². The number of Topliss-reactive ketones (excluding diaryl/α,β-unsaturated/α-hetero) is 1. The Morgan fingerprint density at radius 3 is 2.53 bits per heavy atom. The Morgan fingerprint density at radius 2 is 1.85 bits per heavy atom. The molecule has 0 aliphatic heterocycles. The number of aliphatic hydroxyl groups is 2. The molecule has 0 aromatic heterocycles. The first-order chi connectivity index (χ1) is 16.4.